The third-order valence-electron chi connectivity index (χ3n) is 5.47. The Labute approximate surface area is 191 Å². The van der Waals surface area contributed by atoms with E-state index in [4.69, 9.17) is 10.8 Å². The maximum absolute atomic E-state index is 13.2. The van der Waals surface area contributed by atoms with Crippen LogP contribution in [0.2, 0.25) is 0 Å². The van der Waals surface area contributed by atoms with Crippen LogP contribution in [0.5, 0.6) is 0 Å². The van der Waals surface area contributed by atoms with Gasteiger partial charge in [-0.05, 0) is 17.5 Å². The highest BCUT2D eigenvalue weighted by molar-refractivity contribution is 5.94. The van der Waals surface area contributed by atoms with E-state index >= 15 is 0 Å². The maximum atomic E-state index is 13.2. The van der Waals surface area contributed by atoms with Crippen LogP contribution < -0.4 is 21.7 Å². The van der Waals surface area contributed by atoms with Crippen LogP contribution in [0.25, 0.3) is 10.9 Å². The highest BCUT2D eigenvalue weighted by Gasteiger charge is 2.31. The SMILES string of the molecule is CCC(C)C(NC(=O)C(Cc1c[nH]c2ccccc12)NC(=O)C(N)CO)C(=O)NCC(=O)O. The molecule has 2 aromatic rings. The van der Waals surface area contributed by atoms with Crippen molar-refractivity contribution in [3.8, 4) is 0 Å². The van der Waals surface area contributed by atoms with Gasteiger partial charge in [-0.3, -0.25) is 19.2 Å². The summed E-state index contributed by atoms with van der Waals surface area (Å²) in [6.07, 6.45) is 2.37. The Morgan fingerprint density at radius 1 is 1.09 bits per heavy atom. The molecule has 8 N–H and O–H groups in total. The van der Waals surface area contributed by atoms with Crippen molar-refractivity contribution in [2.75, 3.05) is 13.2 Å². The number of fused-ring (bicyclic) bond motifs is 1. The summed E-state index contributed by atoms with van der Waals surface area (Å²) in [6.45, 7) is 2.41. The number of carbonyl (C=O) groups is 4. The molecule has 0 fully saturated rings. The third-order valence-corrected chi connectivity index (χ3v) is 5.47. The molecule has 33 heavy (non-hydrogen) atoms. The number of aliphatic hydroxyl groups excluding tert-OH is 1. The van der Waals surface area contributed by atoms with Crippen LogP contribution >= 0.6 is 0 Å². The van der Waals surface area contributed by atoms with Crippen molar-refractivity contribution >= 4 is 34.6 Å². The van der Waals surface area contributed by atoms with Gasteiger partial charge in [-0.2, -0.15) is 0 Å². The van der Waals surface area contributed by atoms with E-state index < -0.39 is 55.0 Å². The smallest absolute Gasteiger partial charge is 0.322 e. The fourth-order valence-electron chi connectivity index (χ4n) is 3.32. The molecule has 1 aromatic heterocycles. The summed E-state index contributed by atoms with van der Waals surface area (Å²) in [6, 6.07) is 4.15. The van der Waals surface area contributed by atoms with Crippen molar-refractivity contribution in [3.63, 3.8) is 0 Å². The lowest BCUT2D eigenvalue weighted by Gasteiger charge is -2.26. The number of carboxylic acid groups (broad SMARTS) is 1. The summed E-state index contributed by atoms with van der Waals surface area (Å²) in [5.74, 6) is -3.49. The number of carbonyl (C=O) groups excluding carboxylic acids is 3. The summed E-state index contributed by atoms with van der Waals surface area (Å²) < 4.78 is 0. The Morgan fingerprint density at radius 2 is 1.79 bits per heavy atom. The quantitative estimate of drug-likeness (QED) is 0.216. The molecule has 0 aliphatic carbocycles. The molecule has 2 rings (SSSR count). The number of H-pyrrole nitrogens is 1. The van der Waals surface area contributed by atoms with Gasteiger partial charge in [-0.15, -0.1) is 0 Å². The van der Waals surface area contributed by atoms with Crippen molar-refractivity contribution in [1.82, 2.24) is 20.9 Å². The van der Waals surface area contributed by atoms with Gasteiger partial charge in [0.15, 0.2) is 0 Å². The molecule has 3 amide bonds. The van der Waals surface area contributed by atoms with E-state index in [1.54, 1.807) is 13.1 Å². The van der Waals surface area contributed by atoms with Crippen LogP contribution in [-0.2, 0) is 25.6 Å². The van der Waals surface area contributed by atoms with Gasteiger partial charge >= 0.3 is 5.97 Å². The van der Waals surface area contributed by atoms with E-state index in [0.29, 0.717) is 6.42 Å². The Bertz CT molecular complexity index is 991. The normalized spacial score (nSPS) is 14.7. The average molecular weight is 462 g/mol. The lowest BCUT2D eigenvalue weighted by atomic mass is 9.97. The molecule has 180 valence electrons. The second-order valence-electron chi connectivity index (χ2n) is 7.90. The summed E-state index contributed by atoms with van der Waals surface area (Å²) in [7, 11) is 0. The first-order valence-corrected chi connectivity index (χ1v) is 10.7. The van der Waals surface area contributed by atoms with Crippen molar-refractivity contribution < 1.29 is 29.4 Å². The zero-order valence-corrected chi connectivity index (χ0v) is 18.6. The minimum atomic E-state index is -1.22. The maximum Gasteiger partial charge on any atom is 0.322 e. The molecule has 0 radical (unpaired) electrons. The van der Waals surface area contributed by atoms with Gasteiger partial charge in [-0.1, -0.05) is 38.5 Å². The van der Waals surface area contributed by atoms with Gasteiger partial charge in [0.05, 0.1) is 6.61 Å². The highest BCUT2D eigenvalue weighted by atomic mass is 16.4. The molecule has 11 heteroatoms. The van der Waals surface area contributed by atoms with Crippen molar-refractivity contribution in [2.24, 2.45) is 11.7 Å². The number of benzene rings is 1. The second-order valence-corrected chi connectivity index (χ2v) is 7.90. The summed E-state index contributed by atoms with van der Waals surface area (Å²) in [5, 5.41) is 26.4. The fraction of sp³-hybridized carbons (Fsp3) is 0.455. The zero-order valence-electron chi connectivity index (χ0n) is 18.6. The van der Waals surface area contributed by atoms with Gasteiger partial charge in [0.25, 0.3) is 0 Å². The van der Waals surface area contributed by atoms with Crippen LogP contribution in [0.4, 0.5) is 0 Å². The van der Waals surface area contributed by atoms with Crippen LogP contribution in [-0.4, -0.2) is 70.2 Å². The first-order valence-electron chi connectivity index (χ1n) is 10.7. The molecule has 0 spiro atoms. The lowest BCUT2D eigenvalue weighted by Crippen LogP contribution is -2.58. The summed E-state index contributed by atoms with van der Waals surface area (Å²) in [5.41, 5.74) is 7.22. The molecule has 0 saturated carbocycles. The van der Waals surface area contributed by atoms with Gasteiger partial charge in [0, 0.05) is 23.5 Å². The minimum Gasteiger partial charge on any atom is -0.480 e. The molecule has 0 bridgehead atoms. The molecule has 4 atom stereocenters. The number of para-hydroxylation sites is 1. The van der Waals surface area contributed by atoms with E-state index in [1.807, 2.05) is 31.2 Å². The fourth-order valence-corrected chi connectivity index (χ4v) is 3.32. The van der Waals surface area contributed by atoms with Crippen LogP contribution in [0.3, 0.4) is 0 Å². The van der Waals surface area contributed by atoms with E-state index in [-0.39, 0.29) is 12.3 Å². The first kappa shape index (κ1) is 25.8. The predicted octanol–water partition coefficient (Wildman–Crippen LogP) is -0.753. The number of hydrogen-bond donors (Lipinski definition) is 7. The van der Waals surface area contributed by atoms with Crippen LogP contribution in [0.1, 0.15) is 25.8 Å². The van der Waals surface area contributed by atoms with Gasteiger partial charge < -0.3 is 36.9 Å². The van der Waals surface area contributed by atoms with E-state index in [9.17, 15) is 24.3 Å². The van der Waals surface area contributed by atoms with Crippen molar-refractivity contribution in [2.45, 2.75) is 44.8 Å². The Balaban J connectivity index is 2.27. The van der Waals surface area contributed by atoms with Crippen LogP contribution in [0.15, 0.2) is 30.5 Å². The largest absolute Gasteiger partial charge is 0.480 e. The van der Waals surface area contributed by atoms with Gasteiger partial charge in [-0.25, -0.2) is 0 Å². The minimum absolute atomic E-state index is 0.101. The monoisotopic (exact) mass is 461 g/mol. The number of amides is 3. The predicted molar refractivity (Wildman–Crippen MR) is 121 cm³/mol. The number of carboxylic acids is 1. The summed E-state index contributed by atoms with van der Waals surface area (Å²) >= 11 is 0. The molecular weight excluding hydrogens is 430 g/mol. The summed E-state index contributed by atoms with van der Waals surface area (Å²) in [4.78, 5) is 52.0. The molecule has 0 aliphatic heterocycles. The Kier molecular flexibility index (Phi) is 9.37. The zero-order chi connectivity index (χ0) is 24.5. The molecule has 11 nitrogen and oxygen atoms in total. The number of nitrogens with two attached hydrogens (primary N) is 1. The van der Waals surface area contributed by atoms with Gasteiger partial charge in [0.1, 0.15) is 24.7 Å². The second kappa shape index (κ2) is 12.0. The van der Waals surface area contributed by atoms with Crippen molar-refractivity contribution in [3.05, 3.63) is 36.0 Å². The number of aromatic nitrogens is 1. The Morgan fingerprint density at radius 3 is 2.42 bits per heavy atom. The standard InChI is InChI=1S/C22H31N5O6/c1-3-12(2)19(22(33)25-10-18(29)30)27-21(32)17(26-20(31)15(23)11-28)8-13-9-24-16-7-5-4-6-14(13)16/h4-7,9,12,15,17,19,24,28H,3,8,10-11,23H2,1-2H3,(H,25,33)(H,26,31)(H,27,32)(H,29,30). The highest BCUT2D eigenvalue weighted by Crippen LogP contribution is 2.19. The van der Waals surface area contributed by atoms with Crippen LogP contribution in [0, 0.1) is 5.92 Å². The average Bonchev–Trinajstić information content (AvgIpc) is 3.21. The molecular formula is C22H31N5O6. The van der Waals surface area contributed by atoms with Gasteiger partial charge in [0.2, 0.25) is 17.7 Å². The molecule has 0 aliphatic rings. The number of aliphatic hydroxyl groups is 1. The van der Waals surface area contributed by atoms with E-state index in [0.717, 1.165) is 16.5 Å². The molecule has 4 unspecified atom stereocenters. The number of aliphatic carboxylic acids is 1. The number of hydrogen-bond acceptors (Lipinski definition) is 6. The number of nitrogens with one attached hydrogen (secondary N) is 4. The molecule has 1 aromatic carbocycles. The topological polar surface area (TPSA) is 187 Å². The Hall–Kier alpha value is -3.44. The van der Waals surface area contributed by atoms with E-state index in [1.165, 1.54) is 0 Å². The van der Waals surface area contributed by atoms with E-state index in [2.05, 4.69) is 20.9 Å². The third kappa shape index (κ3) is 7.02. The number of rotatable bonds is 12. The number of aromatic amines is 1. The lowest BCUT2D eigenvalue weighted by molar-refractivity contribution is -0.139. The first-order chi connectivity index (χ1) is 15.7. The molecule has 1 heterocycles. The molecule has 0 saturated heterocycles. The van der Waals surface area contributed by atoms with Crippen molar-refractivity contribution in [1.29, 1.82) is 0 Å².